The molecular formula is C21H25N3. The van der Waals surface area contributed by atoms with Crippen LogP contribution in [0.5, 0.6) is 0 Å². The number of benzene rings is 2. The number of nitrogen functional groups attached to an aromatic ring is 1. The molecule has 0 aliphatic rings. The number of aryl methyl sites for hydroxylation is 2. The van der Waals surface area contributed by atoms with Gasteiger partial charge < -0.3 is 10.3 Å². The third kappa shape index (κ3) is 3.07. The van der Waals surface area contributed by atoms with Crippen molar-refractivity contribution in [2.75, 3.05) is 5.73 Å². The van der Waals surface area contributed by atoms with E-state index in [1.54, 1.807) is 0 Å². The predicted octanol–water partition coefficient (Wildman–Crippen LogP) is 4.92. The van der Waals surface area contributed by atoms with Crippen molar-refractivity contribution < 1.29 is 0 Å². The Hall–Kier alpha value is -2.55. The number of imidazole rings is 1. The Morgan fingerprint density at radius 2 is 1.75 bits per heavy atom. The molecule has 124 valence electrons. The Morgan fingerprint density at radius 1 is 1.04 bits per heavy atom. The van der Waals surface area contributed by atoms with Crippen molar-refractivity contribution in [1.82, 2.24) is 9.55 Å². The first-order valence-corrected chi connectivity index (χ1v) is 8.44. The maximum atomic E-state index is 6.53. The molecule has 0 unspecified atom stereocenters. The molecule has 0 saturated heterocycles. The monoisotopic (exact) mass is 319 g/mol. The highest BCUT2D eigenvalue weighted by molar-refractivity contribution is 5.74. The van der Waals surface area contributed by atoms with Crippen LogP contribution in [-0.2, 0) is 6.54 Å². The van der Waals surface area contributed by atoms with E-state index in [-0.39, 0.29) is 0 Å². The zero-order valence-corrected chi connectivity index (χ0v) is 14.9. The van der Waals surface area contributed by atoms with E-state index in [9.17, 15) is 0 Å². The molecule has 3 rings (SSSR count). The first kappa shape index (κ1) is 16.3. The average Bonchev–Trinajstić information content (AvgIpc) is 2.86. The van der Waals surface area contributed by atoms with Crippen LogP contribution in [0.4, 0.5) is 5.82 Å². The number of anilines is 1. The van der Waals surface area contributed by atoms with Gasteiger partial charge in [0, 0.05) is 11.5 Å². The molecule has 1 aromatic heterocycles. The maximum absolute atomic E-state index is 6.53. The summed E-state index contributed by atoms with van der Waals surface area (Å²) in [5.74, 6) is 2.09. The van der Waals surface area contributed by atoms with Gasteiger partial charge in [0.1, 0.15) is 17.3 Å². The van der Waals surface area contributed by atoms with Gasteiger partial charge in [-0.2, -0.15) is 0 Å². The molecule has 0 atom stereocenters. The van der Waals surface area contributed by atoms with Crippen LogP contribution >= 0.6 is 0 Å². The third-order valence-electron chi connectivity index (χ3n) is 4.37. The minimum atomic E-state index is 0.315. The lowest BCUT2D eigenvalue weighted by atomic mass is 10.0. The standard InChI is InChI=1S/C21H25N3/c1-14(2)21-23-19(18-11-10-15(3)12-16(18)4)20(22)24(21)13-17-8-6-5-7-9-17/h5-12,14H,13,22H2,1-4H3. The quantitative estimate of drug-likeness (QED) is 0.741. The molecular weight excluding hydrogens is 294 g/mol. The second kappa shape index (κ2) is 6.52. The summed E-state index contributed by atoms with van der Waals surface area (Å²) in [5, 5.41) is 0. The average molecular weight is 319 g/mol. The molecule has 2 N–H and O–H groups in total. The van der Waals surface area contributed by atoms with E-state index in [1.807, 2.05) is 6.07 Å². The van der Waals surface area contributed by atoms with Crippen LogP contribution in [0.25, 0.3) is 11.3 Å². The van der Waals surface area contributed by atoms with Gasteiger partial charge in [-0.25, -0.2) is 4.98 Å². The zero-order chi connectivity index (χ0) is 17.3. The largest absolute Gasteiger partial charge is 0.383 e. The summed E-state index contributed by atoms with van der Waals surface area (Å²) in [7, 11) is 0. The van der Waals surface area contributed by atoms with E-state index < -0.39 is 0 Å². The van der Waals surface area contributed by atoms with Gasteiger partial charge in [0.05, 0.1) is 6.54 Å². The molecule has 0 fully saturated rings. The van der Waals surface area contributed by atoms with Crippen molar-refractivity contribution in [3.63, 3.8) is 0 Å². The number of rotatable bonds is 4. The van der Waals surface area contributed by atoms with Crippen LogP contribution in [0.15, 0.2) is 48.5 Å². The normalized spacial score (nSPS) is 11.2. The summed E-state index contributed by atoms with van der Waals surface area (Å²) in [5.41, 5.74) is 12.2. The molecule has 24 heavy (non-hydrogen) atoms. The molecule has 0 saturated carbocycles. The second-order valence-electron chi connectivity index (χ2n) is 6.75. The molecule has 2 aromatic carbocycles. The highest BCUT2D eigenvalue weighted by Crippen LogP contribution is 2.32. The van der Waals surface area contributed by atoms with Crippen molar-refractivity contribution in [3.8, 4) is 11.3 Å². The fourth-order valence-corrected chi connectivity index (χ4v) is 3.13. The number of nitrogens with zero attached hydrogens (tertiary/aromatic N) is 2. The van der Waals surface area contributed by atoms with Crippen LogP contribution in [-0.4, -0.2) is 9.55 Å². The Morgan fingerprint density at radius 3 is 2.38 bits per heavy atom. The van der Waals surface area contributed by atoms with Gasteiger partial charge in [-0.3, -0.25) is 0 Å². The topological polar surface area (TPSA) is 43.8 Å². The van der Waals surface area contributed by atoms with Crippen LogP contribution in [0, 0.1) is 13.8 Å². The summed E-state index contributed by atoms with van der Waals surface area (Å²) in [6.07, 6.45) is 0. The Balaban J connectivity index is 2.11. The highest BCUT2D eigenvalue weighted by atomic mass is 15.1. The molecule has 1 heterocycles. The summed E-state index contributed by atoms with van der Waals surface area (Å²) < 4.78 is 2.15. The number of hydrogen-bond acceptors (Lipinski definition) is 2. The predicted molar refractivity (Wildman–Crippen MR) is 101 cm³/mol. The van der Waals surface area contributed by atoms with Crippen molar-refractivity contribution >= 4 is 5.82 Å². The van der Waals surface area contributed by atoms with E-state index in [0.29, 0.717) is 5.92 Å². The van der Waals surface area contributed by atoms with Gasteiger partial charge in [-0.1, -0.05) is 67.9 Å². The summed E-state index contributed by atoms with van der Waals surface area (Å²) in [6, 6.07) is 16.8. The van der Waals surface area contributed by atoms with E-state index in [0.717, 1.165) is 29.4 Å². The molecule has 3 aromatic rings. The fraction of sp³-hybridized carbons (Fsp3) is 0.286. The number of hydrogen-bond donors (Lipinski definition) is 1. The number of aromatic nitrogens is 2. The van der Waals surface area contributed by atoms with Gasteiger partial charge >= 0.3 is 0 Å². The molecule has 0 aliphatic heterocycles. The molecule has 0 amide bonds. The van der Waals surface area contributed by atoms with Gasteiger partial charge in [0.25, 0.3) is 0 Å². The minimum Gasteiger partial charge on any atom is -0.383 e. The van der Waals surface area contributed by atoms with Crippen LogP contribution < -0.4 is 5.73 Å². The lowest BCUT2D eigenvalue weighted by molar-refractivity contribution is 0.675. The molecule has 0 spiro atoms. The lowest BCUT2D eigenvalue weighted by Crippen LogP contribution is -2.09. The van der Waals surface area contributed by atoms with E-state index in [4.69, 9.17) is 10.7 Å². The summed E-state index contributed by atoms with van der Waals surface area (Å²) >= 11 is 0. The summed E-state index contributed by atoms with van der Waals surface area (Å²) in [4.78, 5) is 4.90. The lowest BCUT2D eigenvalue weighted by Gasteiger charge is -2.12. The van der Waals surface area contributed by atoms with E-state index in [2.05, 4.69) is 74.7 Å². The SMILES string of the molecule is Cc1ccc(-c2nc(C(C)C)n(Cc3ccccc3)c2N)c(C)c1. The van der Waals surface area contributed by atoms with Crippen LogP contribution in [0.3, 0.4) is 0 Å². The van der Waals surface area contributed by atoms with Crippen molar-refractivity contribution in [3.05, 3.63) is 71.0 Å². The maximum Gasteiger partial charge on any atom is 0.132 e. The highest BCUT2D eigenvalue weighted by Gasteiger charge is 2.19. The Labute approximate surface area is 144 Å². The van der Waals surface area contributed by atoms with Crippen molar-refractivity contribution in [2.24, 2.45) is 0 Å². The van der Waals surface area contributed by atoms with Gasteiger partial charge in [-0.05, 0) is 25.0 Å². The molecule has 0 radical (unpaired) electrons. The van der Waals surface area contributed by atoms with Crippen LogP contribution in [0.2, 0.25) is 0 Å². The zero-order valence-electron chi connectivity index (χ0n) is 14.9. The second-order valence-corrected chi connectivity index (χ2v) is 6.75. The smallest absolute Gasteiger partial charge is 0.132 e. The Kier molecular flexibility index (Phi) is 4.43. The number of nitrogens with two attached hydrogens (primary N) is 1. The first-order chi connectivity index (χ1) is 11.5. The van der Waals surface area contributed by atoms with E-state index >= 15 is 0 Å². The molecule has 3 heteroatoms. The van der Waals surface area contributed by atoms with Gasteiger partial charge in [0.15, 0.2) is 0 Å². The molecule has 3 nitrogen and oxygen atoms in total. The molecule has 0 aliphatic carbocycles. The minimum absolute atomic E-state index is 0.315. The molecule has 0 bridgehead atoms. The first-order valence-electron chi connectivity index (χ1n) is 8.44. The van der Waals surface area contributed by atoms with Gasteiger partial charge in [0.2, 0.25) is 0 Å². The summed E-state index contributed by atoms with van der Waals surface area (Å²) in [6.45, 7) is 9.29. The Bertz CT molecular complexity index is 845. The van der Waals surface area contributed by atoms with Crippen molar-refractivity contribution in [1.29, 1.82) is 0 Å². The van der Waals surface area contributed by atoms with E-state index in [1.165, 1.54) is 16.7 Å². The third-order valence-corrected chi connectivity index (χ3v) is 4.37. The van der Waals surface area contributed by atoms with Crippen molar-refractivity contribution in [2.45, 2.75) is 40.2 Å². The van der Waals surface area contributed by atoms with Gasteiger partial charge in [-0.15, -0.1) is 0 Å². The fourth-order valence-electron chi connectivity index (χ4n) is 3.13. The van der Waals surface area contributed by atoms with Crippen LogP contribution in [0.1, 0.15) is 42.3 Å².